The molecule has 0 aromatic heterocycles. The van der Waals surface area contributed by atoms with Crippen molar-refractivity contribution >= 4 is 38.5 Å². The van der Waals surface area contributed by atoms with Crippen molar-refractivity contribution in [1.82, 2.24) is 5.32 Å². The van der Waals surface area contributed by atoms with Gasteiger partial charge in [-0.2, -0.15) is 0 Å². The van der Waals surface area contributed by atoms with Gasteiger partial charge in [-0.1, -0.05) is 22.9 Å². The molecule has 0 fully saturated rings. The maximum absolute atomic E-state index is 5.42. The third-order valence-corrected chi connectivity index (χ3v) is 3.77. The Labute approximate surface area is 120 Å². The summed E-state index contributed by atoms with van der Waals surface area (Å²) in [7, 11) is 0. The lowest BCUT2D eigenvalue weighted by molar-refractivity contribution is 0.540. The summed E-state index contributed by atoms with van der Waals surface area (Å²) in [4.78, 5) is 0. The Balaban J connectivity index is 2.91. The van der Waals surface area contributed by atoms with Crippen molar-refractivity contribution in [3.63, 3.8) is 0 Å². The molecule has 0 spiro atoms. The first-order valence-electron chi connectivity index (χ1n) is 5.30. The molecule has 0 radical (unpaired) electrons. The number of rotatable bonds is 5. The molecular weight excluding hydrogens is 377 g/mol. The van der Waals surface area contributed by atoms with Gasteiger partial charge in [0.1, 0.15) is 0 Å². The Bertz CT molecular complexity index is 384. The third kappa shape index (κ3) is 4.08. The number of benzene rings is 1. The van der Waals surface area contributed by atoms with Crippen molar-refractivity contribution in [2.45, 2.75) is 25.8 Å². The normalized spacial score (nSPS) is 12.1. The van der Waals surface area contributed by atoms with Gasteiger partial charge in [0, 0.05) is 20.5 Å². The molecule has 1 N–H and O–H groups in total. The van der Waals surface area contributed by atoms with E-state index in [0.29, 0.717) is 0 Å². The fourth-order valence-corrected chi connectivity index (χ4v) is 2.60. The second kappa shape index (κ2) is 7.31. The van der Waals surface area contributed by atoms with Gasteiger partial charge in [0.15, 0.2) is 0 Å². The summed E-state index contributed by atoms with van der Waals surface area (Å²) >= 11 is 5.86. The minimum Gasteiger partial charge on any atom is -0.309 e. The van der Waals surface area contributed by atoms with Crippen LogP contribution in [0.1, 0.15) is 31.4 Å². The molecule has 0 aliphatic carbocycles. The highest BCUT2D eigenvalue weighted by atomic mass is 127. The highest BCUT2D eigenvalue weighted by Gasteiger charge is 2.12. The third-order valence-electron chi connectivity index (χ3n) is 2.30. The van der Waals surface area contributed by atoms with Crippen LogP contribution in [0.4, 0.5) is 0 Å². The fourth-order valence-electron chi connectivity index (χ4n) is 1.51. The van der Waals surface area contributed by atoms with E-state index in [1.54, 1.807) is 0 Å². The van der Waals surface area contributed by atoms with E-state index in [9.17, 15) is 0 Å². The average molecular weight is 392 g/mol. The smallest absolute Gasteiger partial charge is 0.0441 e. The second-order valence-corrected chi connectivity index (χ2v) is 5.66. The van der Waals surface area contributed by atoms with Gasteiger partial charge in [0.05, 0.1) is 0 Å². The first kappa shape index (κ1) is 14.0. The van der Waals surface area contributed by atoms with E-state index < -0.39 is 0 Å². The van der Waals surface area contributed by atoms with Crippen LogP contribution in [-0.2, 0) is 0 Å². The molecule has 0 saturated carbocycles. The molecule has 0 heterocycles. The Morgan fingerprint density at radius 1 is 1.56 bits per heavy atom. The van der Waals surface area contributed by atoms with Crippen LogP contribution in [0.3, 0.4) is 0 Å². The van der Waals surface area contributed by atoms with Crippen LogP contribution >= 0.6 is 38.5 Å². The molecule has 0 amide bonds. The molecule has 0 aliphatic rings. The van der Waals surface area contributed by atoms with Gasteiger partial charge >= 0.3 is 0 Å². The summed E-state index contributed by atoms with van der Waals surface area (Å²) in [6, 6.07) is 6.57. The summed E-state index contributed by atoms with van der Waals surface area (Å²) in [5.41, 5.74) is 1.28. The first-order chi connectivity index (χ1) is 7.69. The van der Waals surface area contributed by atoms with Crippen LogP contribution < -0.4 is 5.32 Å². The molecule has 1 atom stereocenters. The number of nitrogens with one attached hydrogen (secondary N) is 1. The molecule has 0 aliphatic heterocycles. The predicted molar refractivity (Wildman–Crippen MR) is 81.3 cm³/mol. The number of hydrogen-bond donors (Lipinski definition) is 1. The van der Waals surface area contributed by atoms with Gasteiger partial charge < -0.3 is 5.32 Å². The molecule has 0 bridgehead atoms. The summed E-state index contributed by atoms with van der Waals surface area (Å²) in [6.07, 6.45) is 7.27. The molecular formula is C13H15BrIN. The predicted octanol–water partition coefficient (Wildman–Crippen LogP) is 4.12. The molecule has 1 aromatic rings. The minimum absolute atomic E-state index is 0.259. The van der Waals surface area contributed by atoms with Gasteiger partial charge in [-0.25, -0.2) is 0 Å². The zero-order valence-electron chi connectivity index (χ0n) is 9.26. The van der Waals surface area contributed by atoms with Crippen LogP contribution in [0.5, 0.6) is 0 Å². The zero-order chi connectivity index (χ0) is 12.0. The van der Waals surface area contributed by atoms with Crippen LogP contribution in [0.15, 0.2) is 22.7 Å². The lowest BCUT2D eigenvalue weighted by atomic mass is 10.0. The quantitative estimate of drug-likeness (QED) is 0.588. The van der Waals surface area contributed by atoms with Crippen LogP contribution in [0.25, 0.3) is 0 Å². The van der Waals surface area contributed by atoms with E-state index in [1.807, 2.05) is 0 Å². The zero-order valence-corrected chi connectivity index (χ0v) is 13.0. The second-order valence-electron chi connectivity index (χ2n) is 3.58. The lowest BCUT2D eigenvalue weighted by Crippen LogP contribution is -2.22. The van der Waals surface area contributed by atoms with Gasteiger partial charge in [0.2, 0.25) is 0 Å². The summed E-state index contributed by atoms with van der Waals surface area (Å²) in [5, 5.41) is 3.49. The summed E-state index contributed by atoms with van der Waals surface area (Å²) < 4.78 is 2.35. The molecule has 16 heavy (non-hydrogen) atoms. The molecule has 1 aromatic carbocycles. The van der Waals surface area contributed by atoms with E-state index in [4.69, 9.17) is 6.42 Å². The van der Waals surface area contributed by atoms with Gasteiger partial charge in [0.25, 0.3) is 0 Å². The number of halogens is 2. The largest absolute Gasteiger partial charge is 0.309 e. The van der Waals surface area contributed by atoms with E-state index in [0.717, 1.165) is 23.9 Å². The number of terminal acetylenes is 1. The van der Waals surface area contributed by atoms with Crippen molar-refractivity contribution in [1.29, 1.82) is 0 Å². The Hall–Kier alpha value is -0.0500. The highest BCUT2D eigenvalue weighted by Crippen LogP contribution is 2.26. The summed E-state index contributed by atoms with van der Waals surface area (Å²) in [5.74, 6) is 2.74. The molecule has 0 saturated heterocycles. The van der Waals surface area contributed by atoms with E-state index >= 15 is 0 Å². The van der Waals surface area contributed by atoms with Crippen molar-refractivity contribution < 1.29 is 0 Å². The monoisotopic (exact) mass is 391 g/mol. The van der Waals surface area contributed by atoms with E-state index in [2.05, 4.69) is 74.9 Å². The molecule has 1 rings (SSSR count). The van der Waals surface area contributed by atoms with Crippen LogP contribution in [0, 0.1) is 15.9 Å². The van der Waals surface area contributed by atoms with Crippen LogP contribution in [-0.4, -0.2) is 6.54 Å². The molecule has 3 heteroatoms. The highest BCUT2D eigenvalue weighted by molar-refractivity contribution is 14.1. The SMILES string of the molecule is C#CCC(NCCC)c1cc(Br)ccc1I. The van der Waals surface area contributed by atoms with Crippen molar-refractivity contribution in [2.24, 2.45) is 0 Å². The molecule has 86 valence electrons. The van der Waals surface area contributed by atoms with Crippen LogP contribution in [0.2, 0.25) is 0 Å². The maximum atomic E-state index is 5.42. The van der Waals surface area contributed by atoms with Gasteiger partial charge in [-0.15, -0.1) is 12.3 Å². The van der Waals surface area contributed by atoms with E-state index in [1.165, 1.54) is 9.13 Å². The van der Waals surface area contributed by atoms with E-state index in [-0.39, 0.29) is 6.04 Å². The number of hydrogen-bond acceptors (Lipinski definition) is 1. The fraction of sp³-hybridized carbons (Fsp3) is 0.385. The topological polar surface area (TPSA) is 12.0 Å². The molecule has 1 nitrogen and oxygen atoms in total. The minimum atomic E-state index is 0.259. The van der Waals surface area contributed by atoms with Gasteiger partial charge in [-0.3, -0.25) is 0 Å². The molecule has 1 unspecified atom stereocenters. The van der Waals surface area contributed by atoms with Crippen molar-refractivity contribution in [2.75, 3.05) is 6.54 Å². The maximum Gasteiger partial charge on any atom is 0.0441 e. The van der Waals surface area contributed by atoms with Gasteiger partial charge in [-0.05, 0) is 59.3 Å². The first-order valence-corrected chi connectivity index (χ1v) is 7.18. The standard InChI is InChI=1S/C13H15BrIN/c1-3-5-13(16-8-4-2)11-9-10(14)6-7-12(11)15/h1,6-7,9,13,16H,4-5,8H2,2H3. The summed E-state index contributed by atoms with van der Waals surface area (Å²) in [6.45, 7) is 3.15. The Morgan fingerprint density at radius 2 is 2.31 bits per heavy atom. The Kier molecular flexibility index (Phi) is 6.40. The average Bonchev–Trinajstić information content (AvgIpc) is 2.28. The lowest BCUT2D eigenvalue weighted by Gasteiger charge is -2.18. The Morgan fingerprint density at radius 3 is 2.94 bits per heavy atom. The van der Waals surface area contributed by atoms with Crippen molar-refractivity contribution in [3.8, 4) is 12.3 Å². The van der Waals surface area contributed by atoms with Crippen molar-refractivity contribution in [3.05, 3.63) is 31.8 Å².